The average Bonchev–Trinajstić information content (AvgIpc) is 3.23. The van der Waals surface area contributed by atoms with Crippen molar-refractivity contribution in [2.24, 2.45) is 0 Å². The highest BCUT2D eigenvalue weighted by atomic mass is 32.2. The zero-order valence-corrected chi connectivity index (χ0v) is 14.2. The van der Waals surface area contributed by atoms with Gasteiger partial charge in [-0.05, 0) is 43.6 Å². The molecule has 0 unspecified atom stereocenters. The molecule has 2 aliphatic rings. The van der Waals surface area contributed by atoms with E-state index in [2.05, 4.69) is 5.32 Å². The summed E-state index contributed by atoms with van der Waals surface area (Å²) in [4.78, 5) is 1.55. The van der Waals surface area contributed by atoms with Crippen molar-refractivity contribution in [2.45, 2.75) is 62.9 Å². The topological polar surface area (TPSA) is 49.4 Å². The van der Waals surface area contributed by atoms with E-state index in [0.717, 1.165) is 36.1 Å². The van der Waals surface area contributed by atoms with Gasteiger partial charge in [0.1, 0.15) is 4.90 Å². The minimum Gasteiger partial charge on any atom is -0.309 e. The van der Waals surface area contributed by atoms with Gasteiger partial charge in [-0.2, -0.15) is 4.31 Å². The molecule has 1 aliphatic heterocycles. The Bertz CT molecular complexity index is 583. The van der Waals surface area contributed by atoms with Crippen LogP contribution >= 0.6 is 11.3 Å². The lowest BCUT2D eigenvalue weighted by Gasteiger charge is -2.21. The molecule has 0 atom stereocenters. The number of sulfonamides is 1. The van der Waals surface area contributed by atoms with E-state index in [1.807, 2.05) is 12.3 Å². The lowest BCUT2D eigenvalue weighted by atomic mass is 10.2. The van der Waals surface area contributed by atoms with Crippen molar-refractivity contribution in [3.8, 4) is 0 Å². The summed E-state index contributed by atoms with van der Waals surface area (Å²) < 4.78 is 27.7. The number of thiophene rings is 1. The van der Waals surface area contributed by atoms with E-state index in [0.29, 0.717) is 30.6 Å². The van der Waals surface area contributed by atoms with Crippen molar-refractivity contribution in [1.29, 1.82) is 0 Å². The molecule has 1 saturated carbocycles. The molecule has 1 N–H and O–H groups in total. The van der Waals surface area contributed by atoms with Crippen LogP contribution in [-0.4, -0.2) is 31.9 Å². The molecule has 0 spiro atoms. The molecule has 0 bridgehead atoms. The standard InChI is InChI=1S/C15H24N2O2S2/c1-12-11-20-14(10-16-13-6-7-13)15(12)21(18,19)17-8-4-2-3-5-9-17/h11,13,16H,2-10H2,1H3. The maximum atomic E-state index is 13.0. The summed E-state index contributed by atoms with van der Waals surface area (Å²) in [6, 6.07) is 0.598. The number of nitrogens with zero attached hydrogens (tertiary/aromatic N) is 1. The highest BCUT2D eigenvalue weighted by molar-refractivity contribution is 7.89. The zero-order chi connectivity index (χ0) is 14.9. The van der Waals surface area contributed by atoms with Gasteiger partial charge in [-0.1, -0.05) is 12.8 Å². The monoisotopic (exact) mass is 328 g/mol. The first-order valence-corrected chi connectivity index (χ1v) is 10.2. The average molecular weight is 329 g/mol. The molecule has 2 heterocycles. The summed E-state index contributed by atoms with van der Waals surface area (Å²) in [5.74, 6) is 0. The third-order valence-corrected chi connectivity index (χ3v) is 7.64. The van der Waals surface area contributed by atoms with Crippen LogP contribution in [0.3, 0.4) is 0 Å². The molecule has 3 rings (SSSR count). The SMILES string of the molecule is Cc1csc(CNC2CC2)c1S(=O)(=O)N1CCCCCC1. The Morgan fingerprint density at radius 2 is 1.90 bits per heavy atom. The molecule has 4 nitrogen and oxygen atoms in total. The first-order chi connectivity index (χ1) is 10.1. The summed E-state index contributed by atoms with van der Waals surface area (Å²) >= 11 is 1.57. The van der Waals surface area contributed by atoms with E-state index in [4.69, 9.17) is 0 Å². The number of aryl methyl sites for hydroxylation is 1. The minimum absolute atomic E-state index is 0.572. The van der Waals surface area contributed by atoms with E-state index in [1.165, 1.54) is 12.8 Å². The maximum absolute atomic E-state index is 13.0. The Labute approximate surface area is 131 Å². The molecule has 1 aromatic heterocycles. The Balaban J connectivity index is 1.84. The highest BCUT2D eigenvalue weighted by Crippen LogP contribution is 2.31. The van der Waals surface area contributed by atoms with Crippen LogP contribution in [0, 0.1) is 6.92 Å². The Kier molecular flexibility index (Phi) is 4.69. The lowest BCUT2D eigenvalue weighted by molar-refractivity contribution is 0.423. The van der Waals surface area contributed by atoms with Crippen LogP contribution < -0.4 is 5.32 Å². The van der Waals surface area contributed by atoms with Gasteiger partial charge in [0.15, 0.2) is 0 Å². The summed E-state index contributed by atoms with van der Waals surface area (Å²) in [5.41, 5.74) is 0.900. The molecule has 118 valence electrons. The van der Waals surface area contributed by atoms with Gasteiger partial charge in [0.25, 0.3) is 0 Å². The van der Waals surface area contributed by atoms with Gasteiger partial charge in [-0.3, -0.25) is 0 Å². The first-order valence-electron chi connectivity index (χ1n) is 7.89. The van der Waals surface area contributed by atoms with Crippen LogP contribution in [-0.2, 0) is 16.6 Å². The van der Waals surface area contributed by atoms with Crippen molar-refractivity contribution < 1.29 is 8.42 Å². The third kappa shape index (κ3) is 3.50. The Hall–Kier alpha value is -0.430. The fraction of sp³-hybridized carbons (Fsp3) is 0.733. The summed E-state index contributed by atoms with van der Waals surface area (Å²) in [6.45, 7) is 3.95. The van der Waals surface area contributed by atoms with E-state index in [9.17, 15) is 8.42 Å². The number of hydrogen-bond donors (Lipinski definition) is 1. The van der Waals surface area contributed by atoms with Crippen LogP contribution in [0.4, 0.5) is 0 Å². The Morgan fingerprint density at radius 3 is 2.52 bits per heavy atom. The van der Waals surface area contributed by atoms with E-state index >= 15 is 0 Å². The minimum atomic E-state index is -3.33. The molecule has 0 aromatic carbocycles. The van der Waals surface area contributed by atoms with E-state index < -0.39 is 10.0 Å². The molecule has 6 heteroatoms. The maximum Gasteiger partial charge on any atom is 0.244 e. The van der Waals surface area contributed by atoms with Gasteiger partial charge in [-0.25, -0.2) is 8.42 Å². The fourth-order valence-electron chi connectivity index (χ4n) is 2.89. The van der Waals surface area contributed by atoms with Crippen LogP contribution in [0.25, 0.3) is 0 Å². The molecule has 1 aliphatic carbocycles. The van der Waals surface area contributed by atoms with Gasteiger partial charge >= 0.3 is 0 Å². The van der Waals surface area contributed by atoms with E-state index in [1.54, 1.807) is 15.6 Å². The van der Waals surface area contributed by atoms with Gasteiger partial charge in [0.05, 0.1) is 0 Å². The van der Waals surface area contributed by atoms with Gasteiger partial charge in [0, 0.05) is 30.6 Å². The van der Waals surface area contributed by atoms with Crippen LogP contribution in [0.5, 0.6) is 0 Å². The quantitative estimate of drug-likeness (QED) is 0.904. The molecule has 0 radical (unpaired) electrons. The Morgan fingerprint density at radius 1 is 1.24 bits per heavy atom. The van der Waals surface area contributed by atoms with E-state index in [-0.39, 0.29) is 0 Å². The first kappa shape index (κ1) is 15.5. The van der Waals surface area contributed by atoms with Crippen LogP contribution in [0.15, 0.2) is 10.3 Å². The second-order valence-corrected chi connectivity index (χ2v) is 8.98. The predicted octanol–water partition coefficient (Wildman–Crippen LogP) is 2.87. The number of hydrogen-bond acceptors (Lipinski definition) is 4. The largest absolute Gasteiger partial charge is 0.309 e. The smallest absolute Gasteiger partial charge is 0.244 e. The molecule has 1 saturated heterocycles. The lowest BCUT2D eigenvalue weighted by Crippen LogP contribution is -2.33. The molecular formula is C15H24N2O2S2. The van der Waals surface area contributed by atoms with Crippen molar-refractivity contribution >= 4 is 21.4 Å². The zero-order valence-electron chi connectivity index (χ0n) is 12.6. The molecule has 2 fully saturated rings. The van der Waals surface area contributed by atoms with Crippen molar-refractivity contribution in [1.82, 2.24) is 9.62 Å². The second kappa shape index (κ2) is 6.36. The van der Waals surface area contributed by atoms with Crippen molar-refractivity contribution in [2.75, 3.05) is 13.1 Å². The molecule has 0 amide bonds. The van der Waals surface area contributed by atoms with Crippen molar-refractivity contribution in [3.05, 3.63) is 15.8 Å². The van der Waals surface area contributed by atoms with Gasteiger partial charge in [0.2, 0.25) is 10.0 Å². The molecular weight excluding hydrogens is 304 g/mol. The second-order valence-electron chi connectivity index (χ2n) is 6.14. The summed E-state index contributed by atoms with van der Waals surface area (Å²) in [7, 11) is -3.33. The van der Waals surface area contributed by atoms with Crippen LogP contribution in [0.2, 0.25) is 0 Å². The number of rotatable bonds is 5. The van der Waals surface area contributed by atoms with Gasteiger partial charge < -0.3 is 5.32 Å². The third-order valence-electron chi connectivity index (χ3n) is 4.28. The summed E-state index contributed by atoms with van der Waals surface area (Å²) in [6.07, 6.45) is 6.70. The summed E-state index contributed by atoms with van der Waals surface area (Å²) in [5, 5.41) is 5.42. The van der Waals surface area contributed by atoms with Gasteiger partial charge in [-0.15, -0.1) is 11.3 Å². The van der Waals surface area contributed by atoms with Crippen LogP contribution in [0.1, 0.15) is 49.0 Å². The fourth-order valence-corrected chi connectivity index (χ4v) is 6.12. The molecule has 21 heavy (non-hydrogen) atoms. The predicted molar refractivity (Wildman–Crippen MR) is 86.1 cm³/mol. The normalized spacial score (nSPS) is 21.4. The van der Waals surface area contributed by atoms with Crippen molar-refractivity contribution in [3.63, 3.8) is 0 Å². The number of nitrogens with one attached hydrogen (secondary N) is 1. The molecule has 1 aromatic rings. The highest BCUT2D eigenvalue weighted by Gasteiger charge is 2.30.